The summed E-state index contributed by atoms with van der Waals surface area (Å²) in [5, 5.41) is 2.63. The maximum atomic E-state index is 12.7. The molecule has 0 bridgehead atoms. The molecule has 2 heterocycles. The summed E-state index contributed by atoms with van der Waals surface area (Å²) in [6.07, 6.45) is 1.53. The minimum atomic E-state index is -0.509. The summed E-state index contributed by atoms with van der Waals surface area (Å²) >= 11 is 5.14. The van der Waals surface area contributed by atoms with Crippen LogP contribution in [0.15, 0.2) is 46.4 Å². The number of benzene rings is 1. The molecule has 1 aromatic heterocycles. The third-order valence-electron chi connectivity index (χ3n) is 3.50. The fourth-order valence-electron chi connectivity index (χ4n) is 2.42. The van der Waals surface area contributed by atoms with Crippen LogP contribution in [0.4, 0.5) is 5.69 Å². The first-order chi connectivity index (χ1) is 11.0. The fraction of sp³-hybridized carbons (Fsp3) is 0.118. The van der Waals surface area contributed by atoms with Crippen LogP contribution in [-0.4, -0.2) is 16.9 Å². The summed E-state index contributed by atoms with van der Waals surface area (Å²) < 4.78 is 5.43. The zero-order valence-corrected chi connectivity index (χ0v) is 13.4. The van der Waals surface area contributed by atoms with Crippen molar-refractivity contribution in [2.45, 2.75) is 13.8 Å². The lowest BCUT2D eigenvalue weighted by molar-refractivity contribution is -0.122. The molecular weight excluding hydrogens is 312 g/mol. The predicted molar refractivity (Wildman–Crippen MR) is 90.8 cm³/mol. The SMILES string of the molecule is Cc1cc(/C=C2\C(=O)NC(=S)N(c3ccccc3)C2=O)c(C)o1. The van der Waals surface area contributed by atoms with Crippen LogP contribution in [0.3, 0.4) is 0 Å². The minimum absolute atomic E-state index is 0.0198. The zero-order valence-electron chi connectivity index (χ0n) is 12.6. The second-order valence-corrected chi connectivity index (χ2v) is 5.55. The Morgan fingerprint density at radius 1 is 1.17 bits per heavy atom. The standard InChI is InChI=1S/C17H14N2O3S/c1-10-8-12(11(2)22-10)9-14-15(20)18-17(23)19(16(14)21)13-6-4-3-5-7-13/h3-9H,1-2H3,(H,18,20,23)/b14-9+. The molecule has 3 rings (SSSR count). The maximum absolute atomic E-state index is 12.7. The third-order valence-corrected chi connectivity index (χ3v) is 3.78. The Hall–Kier alpha value is -2.73. The van der Waals surface area contributed by atoms with Crippen molar-refractivity contribution in [3.05, 3.63) is 59.1 Å². The van der Waals surface area contributed by atoms with E-state index in [1.54, 1.807) is 37.3 Å². The maximum Gasteiger partial charge on any atom is 0.270 e. The molecule has 5 nitrogen and oxygen atoms in total. The van der Waals surface area contributed by atoms with Gasteiger partial charge in [0.05, 0.1) is 5.69 Å². The summed E-state index contributed by atoms with van der Waals surface area (Å²) in [5.41, 5.74) is 1.32. The van der Waals surface area contributed by atoms with E-state index in [0.29, 0.717) is 22.8 Å². The van der Waals surface area contributed by atoms with Gasteiger partial charge in [-0.1, -0.05) is 18.2 Å². The van der Waals surface area contributed by atoms with Crippen molar-refractivity contribution in [3.63, 3.8) is 0 Å². The van der Waals surface area contributed by atoms with E-state index in [1.807, 2.05) is 13.0 Å². The Labute approximate surface area is 138 Å². The Bertz CT molecular complexity index is 837. The summed E-state index contributed by atoms with van der Waals surface area (Å²) in [4.78, 5) is 26.2. The first-order valence-electron chi connectivity index (χ1n) is 7.01. The van der Waals surface area contributed by atoms with Gasteiger partial charge in [-0.15, -0.1) is 0 Å². The third kappa shape index (κ3) is 2.80. The first-order valence-corrected chi connectivity index (χ1v) is 7.42. The van der Waals surface area contributed by atoms with Crippen molar-refractivity contribution in [2.75, 3.05) is 4.90 Å². The molecule has 0 radical (unpaired) electrons. The summed E-state index contributed by atoms with van der Waals surface area (Å²) in [6, 6.07) is 10.7. The lowest BCUT2D eigenvalue weighted by Gasteiger charge is -2.28. The number of carbonyl (C=O) groups is 2. The van der Waals surface area contributed by atoms with Crippen LogP contribution in [0.2, 0.25) is 0 Å². The highest BCUT2D eigenvalue weighted by molar-refractivity contribution is 7.80. The molecule has 1 saturated heterocycles. The van der Waals surface area contributed by atoms with Crippen molar-refractivity contribution in [1.29, 1.82) is 0 Å². The van der Waals surface area contributed by atoms with E-state index in [2.05, 4.69) is 5.32 Å². The van der Waals surface area contributed by atoms with Gasteiger partial charge in [0.2, 0.25) is 0 Å². The molecule has 0 atom stereocenters. The average Bonchev–Trinajstić information content (AvgIpc) is 2.82. The van der Waals surface area contributed by atoms with Crippen LogP contribution in [0.25, 0.3) is 6.08 Å². The molecule has 23 heavy (non-hydrogen) atoms. The first kappa shape index (κ1) is 15.2. The van der Waals surface area contributed by atoms with E-state index >= 15 is 0 Å². The molecule has 1 aliphatic rings. The Kier molecular flexibility index (Phi) is 3.83. The molecule has 1 aliphatic heterocycles. The molecule has 1 N–H and O–H groups in total. The number of amides is 2. The number of para-hydroxylation sites is 1. The molecule has 1 fully saturated rings. The quantitative estimate of drug-likeness (QED) is 0.524. The monoisotopic (exact) mass is 326 g/mol. The van der Waals surface area contributed by atoms with Crippen molar-refractivity contribution in [2.24, 2.45) is 0 Å². The van der Waals surface area contributed by atoms with Gasteiger partial charge in [0.1, 0.15) is 17.1 Å². The number of hydrogen-bond donors (Lipinski definition) is 1. The number of rotatable bonds is 2. The number of aryl methyl sites for hydroxylation is 2. The van der Waals surface area contributed by atoms with E-state index in [1.165, 1.54) is 11.0 Å². The molecule has 0 aliphatic carbocycles. The molecule has 1 aromatic carbocycles. The molecular formula is C17H14N2O3S. The highest BCUT2D eigenvalue weighted by Crippen LogP contribution is 2.23. The van der Waals surface area contributed by atoms with Gasteiger partial charge in [0, 0.05) is 5.56 Å². The highest BCUT2D eigenvalue weighted by atomic mass is 32.1. The Morgan fingerprint density at radius 2 is 1.87 bits per heavy atom. The van der Waals surface area contributed by atoms with Crippen LogP contribution in [0.5, 0.6) is 0 Å². The van der Waals surface area contributed by atoms with Crippen LogP contribution in [0.1, 0.15) is 17.1 Å². The van der Waals surface area contributed by atoms with Gasteiger partial charge in [0.15, 0.2) is 5.11 Å². The number of hydrogen-bond acceptors (Lipinski definition) is 4. The van der Waals surface area contributed by atoms with E-state index in [-0.39, 0.29) is 10.7 Å². The van der Waals surface area contributed by atoms with Crippen molar-refractivity contribution >= 4 is 40.9 Å². The van der Waals surface area contributed by atoms with Crippen LogP contribution >= 0.6 is 12.2 Å². The normalized spacial score (nSPS) is 16.9. The van der Waals surface area contributed by atoms with E-state index < -0.39 is 11.8 Å². The molecule has 116 valence electrons. The topological polar surface area (TPSA) is 62.6 Å². The van der Waals surface area contributed by atoms with Gasteiger partial charge in [0.25, 0.3) is 11.8 Å². The Morgan fingerprint density at radius 3 is 2.48 bits per heavy atom. The fourth-order valence-corrected chi connectivity index (χ4v) is 2.70. The van der Waals surface area contributed by atoms with Gasteiger partial charge in [-0.2, -0.15) is 0 Å². The van der Waals surface area contributed by atoms with E-state index in [0.717, 1.165) is 0 Å². The van der Waals surface area contributed by atoms with Gasteiger partial charge in [-0.05, 0) is 50.3 Å². The lowest BCUT2D eigenvalue weighted by atomic mass is 10.1. The second kappa shape index (κ2) is 5.81. The van der Waals surface area contributed by atoms with E-state index in [4.69, 9.17) is 16.6 Å². The van der Waals surface area contributed by atoms with Crippen LogP contribution < -0.4 is 10.2 Å². The van der Waals surface area contributed by atoms with E-state index in [9.17, 15) is 9.59 Å². The predicted octanol–water partition coefficient (Wildman–Crippen LogP) is 2.73. The molecule has 2 amide bonds. The van der Waals surface area contributed by atoms with Gasteiger partial charge in [-0.3, -0.25) is 19.8 Å². The van der Waals surface area contributed by atoms with Crippen LogP contribution in [-0.2, 0) is 9.59 Å². The van der Waals surface area contributed by atoms with Crippen molar-refractivity contribution in [3.8, 4) is 0 Å². The molecule has 6 heteroatoms. The smallest absolute Gasteiger partial charge is 0.270 e. The second-order valence-electron chi connectivity index (χ2n) is 5.16. The van der Waals surface area contributed by atoms with Crippen LogP contribution in [0, 0.1) is 13.8 Å². The lowest BCUT2D eigenvalue weighted by Crippen LogP contribution is -2.54. The molecule has 0 spiro atoms. The van der Waals surface area contributed by atoms with Crippen molar-refractivity contribution in [1.82, 2.24) is 5.32 Å². The Balaban J connectivity index is 2.04. The number of furan rings is 1. The zero-order chi connectivity index (χ0) is 16.6. The van der Waals surface area contributed by atoms with Gasteiger partial charge >= 0.3 is 0 Å². The molecule has 0 saturated carbocycles. The average molecular weight is 326 g/mol. The van der Waals surface area contributed by atoms with Gasteiger partial charge < -0.3 is 4.42 Å². The summed E-state index contributed by atoms with van der Waals surface area (Å²) in [5.74, 6) is 0.400. The highest BCUT2D eigenvalue weighted by Gasteiger charge is 2.34. The summed E-state index contributed by atoms with van der Waals surface area (Å²) in [7, 11) is 0. The summed E-state index contributed by atoms with van der Waals surface area (Å²) in [6.45, 7) is 3.59. The molecule has 2 aromatic rings. The molecule has 0 unspecified atom stereocenters. The number of anilines is 1. The van der Waals surface area contributed by atoms with Gasteiger partial charge in [-0.25, -0.2) is 0 Å². The largest absolute Gasteiger partial charge is 0.466 e. The number of nitrogens with zero attached hydrogens (tertiary/aromatic N) is 1. The number of nitrogens with one attached hydrogen (secondary N) is 1. The van der Waals surface area contributed by atoms with Crippen molar-refractivity contribution < 1.29 is 14.0 Å². The number of thiocarbonyl (C=S) groups is 1. The minimum Gasteiger partial charge on any atom is -0.466 e. The number of carbonyl (C=O) groups excluding carboxylic acids is 2.